The van der Waals surface area contributed by atoms with Gasteiger partial charge < -0.3 is 14.5 Å². The molecule has 0 spiro atoms. The van der Waals surface area contributed by atoms with E-state index >= 15 is 0 Å². The maximum Gasteiger partial charge on any atom is 0.451 e. The highest BCUT2D eigenvalue weighted by Gasteiger charge is 2.39. The molecule has 0 fully saturated rings. The zero-order valence-corrected chi connectivity index (χ0v) is 12.7. The van der Waals surface area contributed by atoms with Gasteiger partial charge in [0.1, 0.15) is 11.0 Å². The molecular weight excluding hydrogens is 337 g/mol. The number of fused-ring (bicyclic) bond motifs is 1. The molecule has 1 aliphatic heterocycles. The highest BCUT2D eigenvalue weighted by atomic mass is 35.5. The van der Waals surface area contributed by atoms with Crippen LogP contribution >= 0.6 is 11.6 Å². The summed E-state index contributed by atoms with van der Waals surface area (Å²) in [6, 6.07) is -0.272. The molecule has 0 saturated carbocycles. The Balaban J connectivity index is 1.81. The standard InChI is InChI=1S/C12H12ClF3N6O/c1-21-5-7(13)18-9(10(21)23)17-6-2-3-22-8(4-6)19-20-11(22)12(14,15)16/h5-6H,2-4H2,1H3,(H,17,18). The molecule has 0 radical (unpaired) electrons. The van der Waals surface area contributed by atoms with Crippen molar-refractivity contribution < 1.29 is 13.2 Å². The lowest BCUT2D eigenvalue weighted by Crippen LogP contribution is -2.35. The first-order chi connectivity index (χ1) is 10.8. The molecule has 3 rings (SSSR count). The Kier molecular flexibility index (Phi) is 3.78. The summed E-state index contributed by atoms with van der Waals surface area (Å²) in [6.07, 6.45) is -2.57. The van der Waals surface area contributed by atoms with Crippen LogP contribution in [0.4, 0.5) is 19.0 Å². The van der Waals surface area contributed by atoms with Gasteiger partial charge in [0.15, 0.2) is 5.82 Å². The minimum atomic E-state index is -4.53. The Hall–Kier alpha value is -2.10. The van der Waals surface area contributed by atoms with E-state index in [1.807, 2.05) is 0 Å². The predicted octanol–water partition coefficient (Wildman–Crippen LogP) is 1.47. The average Bonchev–Trinajstić information content (AvgIpc) is 2.87. The lowest BCUT2D eigenvalue weighted by molar-refractivity contribution is -0.147. The van der Waals surface area contributed by atoms with Crippen molar-refractivity contribution in [3.8, 4) is 0 Å². The van der Waals surface area contributed by atoms with E-state index in [-0.39, 0.29) is 41.4 Å². The third kappa shape index (κ3) is 3.03. The van der Waals surface area contributed by atoms with Crippen molar-refractivity contribution in [2.24, 2.45) is 7.05 Å². The molecule has 1 atom stereocenters. The van der Waals surface area contributed by atoms with Gasteiger partial charge in [0.2, 0.25) is 5.82 Å². The van der Waals surface area contributed by atoms with Crippen molar-refractivity contribution in [1.29, 1.82) is 0 Å². The van der Waals surface area contributed by atoms with Crippen LogP contribution in [0.5, 0.6) is 0 Å². The second kappa shape index (κ2) is 5.52. The number of halogens is 4. The van der Waals surface area contributed by atoms with Crippen LogP contribution in [0.3, 0.4) is 0 Å². The van der Waals surface area contributed by atoms with Gasteiger partial charge in [-0.15, -0.1) is 10.2 Å². The number of aryl methyl sites for hydroxylation is 1. The third-order valence-corrected chi connectivity index (χ3v) is 3.78. The summed E-state index contributed by atoms with van der Waals surface area (Å²) >= 11 is 5.81. The largest absolute Gasteiger partial charge is 0.451 e. The van der Waals surface area contributed by atoms with E-state index in [4.69, 9.17) is 11.6 Å². The van der Waals surface area contributed by atoms with E-state index in [0.29, 0.717) is 6.42 Å². The first-order valence-corrected chi connectivity index (χ1v) is 7.12. The Labute approximate surface area is 133 Å². The molecule has 0 aromatic carbocycles. The Morgan fingerprint density at radius 3 is 2.83 bits per heavy atom. The fraction of sp³-hybridized carbons (Fsp3) is 0.500. The van der Waals surface area contributed by atoms with Gasteiger partial charge in [-0.25, -0.2) is 4.98 Å². The molecule has 1 unspecified atom stereocenters. The van der Waals surface area contributed by atoms with Crippen LogP contribution in [-0.4, -0.2) is 30.4 Å². The van der Waals surface area contributed by atoms with Gasteiger partial charge in [-0.2, -0.15) is 13.2 Å². The van der Waals surface area contributed by atoms with Gasteiger partial charge in [-0.05, 0) is 6.42 Å². The molecule has 0 amide bonds. The Morgan fingerprint density at radius 2 is 2.13 bits per heavy atom. The van der Waals surface area contributed by atoms with Gasteiger partial charge in [0.05, 0.1) is 0 Å². The summed E-state index contributed by atoms with van der Waals surface area (Å²) in [5.41, 5.74) is -0.363. The lowest BCUT2D eigenvalue weighted by Gasteiger charge is -2.25. The van der Waals surface area contributed by atoms with Crippen molar-refractivity contribution >= 4 is 17.4 Å². The normalized spacial score (nSPS) is 17.9. The average molecular weight is 349 g/mol. The van der Waals surface area contributed by atoms with Crippen LogP contribution in [-0.2, 0) is 26.2 Å². The fourth-order valence-corrected chi connectivity index (χ4v) is 2.75. The smallest absolute Gasteiger partial charge is 0.362 e. The fourth-order valence-electron chi connectivity index (χ4n) is 2.52. The SMILES string of the molecule is Cn1cc(Cl)nc(NC2CCn3c(nnc3C(F)(F)F)C2)c1=O. The first kappa shape index (κ1) is 15.8. The molecule has 0 aliphatic carbocycles. The molecule has 0 bridgehead atoms. The van der Waals surface area contributed by atoms with Crippen molar-refractivity contribution in [2.45, 2.75) is 31.6 Å². The second-order valence-corrected chi connectivity index (χ2v) is 5.64. The van der Waals surface area contributed by atoms with Crippen LogP contribution in [0.15, 0.2) is 11.0 Å². The van der Waals surface area contributed by atoms with Crippen molar-refractivity contribution in [1.82, 2.24) is 24.3 Å². The van der Waals surface area contributed by atoms with E-state index in [9.17, 15) is 18.0 Å². The first-order valence-electron chi connectivity index (χ1n) is 6.74. The van der Waals surface area contributed by atoms with E-state index in [1.165, 1.54) is 17.8 Å². The molecule has 2 aromatic heterocycles. The lowest BCUT2D eigenvalue weighted by atomic mass is 10.1. The van der Waals surface area contributed by atoms with Crippen LogP contribution in [0.2, 0.25) is 5.15 Å². The van der Waals surface area contributed by atoms with Crippen molar-refractivity contribution in [2.75, 3.05) is 5.32 Å². The molecule has 2 aromatic rings. The van der Waals surface area contributed by atoms with E-state index < -0.39 is 12.0 Å². The second-order valence-electron chi connectivity index (χ2n) is 5.25. The van der Waals surface area contributed by atoms with Gasteiger partial charge in [0, 0.05) is 32.3 Å². The van der Waals surface area contributed by atoms with Crippen LogP contribution in [0.25, 0.3) is 0 Å². The predicted molar refractivity (Wildman–Crippen MR) is 75.2 cm³/mol. The van der Waals surface area contributed by atoms with Crippen LogP contribution in [0, 0.1) is 0 Å². The van der Waals surface area contributed by atoms with Crippen LogP contribution in [0.1, 0.15) is 18.1 Å². The number of hydrogen-bond donors (Lipinski definition) is 1. The molecule has 23 heavy (non-hydrogen) atoms. The van der Waals surface area contributed by atoms with Crippen LogP contribution < -0.4 is 10.9 Å². The molecule has 1 aliphatic rings. The van der Waals surface area contributed by atoms with E-state index in [1.54, 1.807) is 0 Å². The number of aromatic nitrogens is 5. The molecule has 1 N–H and O–H groups in total. The zero-order valence-electron chi connectivity index (χ0n) is 11.9. The van der Waals surface area contributed by atoms with Crippen molar-refractivity contribution in [3.05, 3.63) is 33.4 Å². The topological polar surface area (TPSA) is 77.6 Å². The monoisotopic (exact) mass is 348 g/mol. The molecular formula is C12H12ClF3N6O. The summed E-state index contributed by atoms with van der Waals surface area (Å²) in [5.74, 6) is -0.711. The van der Waals surface area contributed by atoms with E-state index in [2.05, 4.69) is 20.5 Å². The number of nitrogens with one attached hydrogen (secondary N) is 1. The number of alkyl halides is 3. The molecule has 124 valence electrons. The maximum absolute atomic E-state index is 12.8. The van der Waals surface area contributed by atoms with Crippen molar-refractivity contribution in [3.63, 3.8) is 0 Å². The van der Waals surface area contributed by atoms with Gasteiger partial charge in [-0.1, -0.05) is 11.6 Å². The number of nitrogens with zero attached hydrogens (tertiary/aromatic N) is 5. The quantitative estimate of drug-likeness (QED) is 0.889. The molecule has 0 saturated heterocycles. The minimum Gasteiger partial charge on any atom is -0.362 e. The number of hydrogen-bond acceptors (Lipinski definition) is 5. The Bertz CT molecular complexity index is 799. The molecule has 7 nitrogen and oxygen atoms in total. The summed E-state index contributed by atoms with van der Waals surface area (Å²) in [4.78, 5) is 15.9. The Morgan fingerprint density at radius 1 is 1.39 bits per heavy atom. The minimum absolute atomic E-state index is 0.0639. The summed E-state index contributed by atoms with van der Waals surface area (Å²) in [6.45, 7) is 0.107. The molecule has 3 heterocycles. The van der Waals surface area contributed by atoms with Gasteiger partial charge >= 0.3 is 6.18 Å². The van der Waals surface area contributed by atoms with Gasteiger partial charge in [-0.3, -0.25) is 4.79 Å². The van der Waals surface area contributed by atoms with E-state index in [0.717, 1.165) is 4.57 Å². The third-order valence-electron chi connectivity index (χ3n) is 3.59. The summed E-state index contributed by atoms with van der Waals surface area (Å²) < 4.78 is 40.7. The maximum atomic E-state index is 12.8. The molecule has 11 heteroatoms. The number of rotatable bonds is 2. The highest BCUT2D eigenvalue weighted by Crippen LogP contribution is 2.30. The summed E-state index contributed by atoms with van der Waals surface area (Å²) in [5, 5.41) is 9.88. The zero-order chi connectivity index (χ0) is 16.8. The highest BCUT2D eigenvalue weighted by molar-refractivity contribution is 6.29. The number of anilines is 1. The summed E-state index contributed by atoms with van der Waals surface area (Å²) in [7, 11) is 1.54. The van der Waals surface area contributed by atoms with Gasteiger partial charge in [0.25, 0.3) is 5.56 Å².